The van der Waals surface area contributed by atoms with Crippen molar-refractivity contribution >= 4 is 5.91 Å². The van der Waals surface area contributed by atoms with Gasteiger partial charge in [0.05, 0.1) is 0 Å². The van der Waals surface area contributed by atoms with Gasteiger partial charge in [-0.2, -0.15) is 0 Å². The maximum absolute atomic E-state index is 12.0. The van der Waals surface area contributed by atoms with Crippen LogP contribution < -0.4 is 5.32 Å². The summed E-state index contributed by atoms with van der Waals surface area (Å²) >= 11 is 0. The van der Waals surface area contributed by atoms with Crippen molar-refractivity contribution < 1.29 is 14.6 Å². The average molecular weight is 265 g/mol. The van der Waals surface area contributed by atoms with E-state index in [1.807, 2.05) is 32.9 Å². The van der Waals surface area contributed by atoms with Gasteiger partial charge in [0.15, 0.2) is 0 Å². The van der Waals surface area contributed by atoms with E-state index in [4.69, 9.17) is 4.74 Å². The number of methoxy groups -OCH3 is 1. The van der Waals surface area contributed by atoms with Crippen LogP contribution in [-0.2, 0) is 16.0 Å². The standard InChI is InChI=1S/C15H23NO3/c1-5-13(19-4)14(18)16-15(2,3)10-11-6-8-12(17)9-7-11/h6-9,13,17H,5,10H2,1-4H3,(H,16,18). The molecule has 0 heterocycles. The molecule has 0 aliphatic heterocycles. The molecule has 1 rings (SSSR count). The van der Waals surface area contributed by atoms with Crippen LogP contribution in [0.3, 0.4) is 0 Å². The van der Waals surface area contributed by atoms with Crippen LogP contribution >= 0.6 is 0 Å². The van der Waals surface area contributed by atoms with Gasteiger partial charge in [-0.25, -0.2) is 0 Å². The van der Waals surface area contributed by atoms with Crippen LogP contribution in [0.1, 0.15) is 32.8 Å². The number of phenols is 1. The fraction of sp³-hybridized carbons (Fsp3) is 0.533. The molecule has 0 bridgehead atoms. The predicted octanol–water partition coefficient (Wildman–Crippen LogP) is 2.25. The number of hydrogen-bond donors (Lipinski definition) is 2. The Morgan fingerprint density at radius 3 is 2.42 bits per heavy atom. The van der Waals surface area contributed by atoms with Crippen LogP contribution in [-0.4, -0.2) is 29.8 Å². The van der Waals surface area contributed by atoms with Gasteiger partial charge in [-0.1, -0.05) is 19.1 Å². The van der Waals surface area contributed by atoms with Crippen molar-refractivity contribution in [3.05, 3.63) is 29.8 Å². The van der Waals surface area contributed by atoms with Crippen molar-refractivity contribution in [2.24, 2.45) is 0 Å². The number of carbonyl (C=O) groups excluding carboxylic acids is 1. The van der Waals surface area contributed by atoms with E-state index in [2.05, 4.69) is 5.32 Å². The third-order valence-corrected chi connectivity index (χ3v) is 2.99. The quantitative estimate of drug-likeness (QED) is 0.829. The van der Waals surface area contributed by atoms with Gasteiger partial charge >= 0.3 is 0 Å². The summed E-state index contributed by atoms with van der Waals surface area (Å²) in [5.41, 5.74) is 0.702. The lowest BCUT2D eigenvalue weighted by Crippen LogP contribution is -2.49. The highest BCUT2D eigenvalue weighted by Gasteiger charge is 2.25. The number of carbonyl (C=O) groups is 1. The second kappa shape index (κ2) is 6.57. The van der Waals surface area contributed by atoms with Crippen molar-refractivity contribution in [3.8, 4) is 5.75 Å². The minimum atomic E-state index is -0.404. The van der Waals surface area contributed by atoms with E-state index < -0.39 is 6.10 Å². The Kier molecular flexibility index (Phi) is 5.36. The number of benzene rings is 1. The molecule has 2 N–H and O–H groups in total. The lowest BCUT2D eigenvalue weighted by atomic mass is 9.94. The number of hydrogen-bond acceptors (Lipinski definition) is 3. The van der Waals surface area contributed by atoms with Crippen LogP contribution in [0.15, 0.2) is 24.3 Å². The molecular weight excluding hydrogens is 242 g/mol. The van der Waals surface area contributed by atoms with E-state index in [1.165, 1.54) is 0 Å². The molecule has 1 unspecified atom stereocenters. The lowest BCUT2D eigenvalue weighted by Gasteiger charge is -2.28. The van der Waals surface area contributed by atoms with Crippen LogP contribution in [0.25, 0.3) is 0 Å². The summed E-state index contributed by atoms with van der Waals surface area (Å²) in [6.07, 6.45) is 0.940. The molecule has 0 aliphatic carbocycles. The first kappa shape index (κ1) is 15.5. The second-order valence-electron chi connectivity index (χ2n) is 5.35. The van der Waals surface area contributed by atoms with E-state index in [-0.39, 0.29) is 17.2 Å². The lowest BCUT2D eigenvalue weighted by molar-refractivity contribution is -0.132. The van der Waals surface area contributed by atoms with E-state index in [0.29, 0.717) is 12.8 Å². The molecule has 0 saturated carbocycles. The smallest absolute Gasteiger partial charge is 0.249 e. The number of rotatable bonds is 6. The molecule has 0 spiro atoms. The highest BCUT2D eigenvalue weighted by molar-refractivity contribution is 5.81. The maximum Gasteiger partial charge on any atom is 0.249 e. The normalized spacial score (nSPS) is 13.1. The van der Waals surface area contributed by atoms with Crippen molar-refractivity contribution in [2.45, 2.75) is 45.3 Å². The summed E-state index contributed by atoms with van der Waals surface area (Å²) in [7, 11) is 1.54. The molecule has 4 nitrogen and oxygen atoms in total. The van der Waals surface area contributed by atoms with Gasteiger partial charge in [-0.3, -0.25) is 4.79 Å². The van der Waals surface area contributed by atoms with Gasteiger partial charge in [-0.15, -0.1) is 0 Å². The summed E-state index contributed by atoms with van der Waals surface area (Å²) in [4.78, 5) is 12.0. The van der Waals surface area contributed by atoms with Gasteiger partial charge in [0, 0.05) is 12.6 Å². The third-order valence-electron chi connectivity index (χ3n) is 2.99. The molecule has 0 aliphatic rings. The summed E-state index contributed by atoms with van der Waals surface area (Å²) in [5.74, 6) is 0.157. The highest BCUT2D eigenvalue weighted by Crippen LogP contribution is 2.16. The Bertz CT molecular complexity index is 408. The van der Waals surface area contributed by atoms with Gasteiger partial charge in [0.2, 0.25) is 5.91 Å². The summed E-state index contributed by atoms with van der Waals surface area (Å²) < 4.78 is 5.13. The first-order valence-electron chi connectivity index (χ1n) is 6.50. The Balaban J connectivity index is 2.65. The molecule has 0 radical (unpaired) electrons. The van der Waals surface area contributed by atoms with Crippen LogP contribution in [0.2, 0.25) is 0 Å². The SMILES string of the molecule is CCC(OC)C(=O)NC(C)(C)Cc1ccc(O)cc1. The van der Waals surface area contributed by atoms with Crippen molar-refractivity contribution in [2.75, 3.05) is 7.11 Å². The molecule has 106 valence electrons. The Labute approximate surface area is 114 Å². The van der Waals surface area contributed by atoms with Gasteiger partial charge in [-0.05, 0) is 44.4 Å². The molecule has 0 fully saturated rings. The minimum Gasteiger partial charge on any atom is -0.508 e. The molecule has 0 saturated heterocycles. The predicted molar refractivity (Wildman–Crippen MR) is 75.1 cm³/mol. The fourth-order valence-electron chi connectivity index (χ4n) is 2.04. The van der Waals surface area contributed by atoms with E-state index in [0.717, 1.165) is 5.56 Å². The number of ether oxygens (including phenoxy) is 1. The highest BCUT2D eigenvalue weighted by atomic mass is 16.5. The molecule has 1 amide bonds. The number of amides is 1. The van der Waals surface area contributed by atoms with E-state index >= 15 is 0 Å². The van der Waals surface area contributed by atoms with Crippen molar-refractivity contribution in [3.63, 3.8) is 0 Å². The first-order valence-corrected chi connectivity index (χ1v) is 6.50. The molecule has 4 heteroatoms. The Hall–Kier alpha value is -1.55. The van der Waals surface area contributed by atoms with E-state index in [1.54, 1.807) is 19.2 Å². The van der Waals surface area contributed by atoms with Gasteiger partial charge in [0.25, 0.3) is 0 Å². The second-order valence-corrected chi connectivity index (χ2v) is 5.35. The maximum atomic E-state index is 12.0. The fourth-order valence-corrected chi connectivity index (χ4v) is 2.04. The average Bonchev–Trinajstić information content (AvgIpc) is 2.32. The van der Waals surface area contributed by atoms with Gasteiger partial charge in [0.1, 0.15) is 11.9 Å². The largest absolute Gasteiger partial charge is 0.508 e. The van der Waals surface area contributed by atoms with Crippen LogP contribution in [0.5, 0.6) is 5.75 Å². The number of nitrogens with one attached hydrogen (secondary N) is 1. The molecule has 19 heavy (non-hydrogen) atoms. The zero-order valence-corrected chi connectivity index (χ0v) is 12.1. The molecule has 1 aromatic carbocycles. The van der Waals surface area contributed by atoms with Crippen molar-refractivity contribution in [1.82, 2.24) is 5.32 Å². The molecular formula is C15H23NO3. The minimum absolute atomic E-state index is 0.0891. The zero-order valence-electron chi connectivity index (χ0n) is 12.1. The summed E-state index contributed by atoms with van der Waals surface area (Å²) in [5, 5.41) is 12.2. The first-order chi connectivity index (χ1) is 8.88. The summed E-state index contributed by atoms with van der Waals surface area (Å²) in [6.45, 7) is 5.86. The Morgan fingerprint density at radius 2 is 1.95 bits per heavy atom. The van der Waals surface area contributed by atoms with E-state index in [9.17, 15) is 9.90 Å². The van der Waals surface area contributed by atoms with Gasteiger partial charge < -0.3 is 15.2 Å². The molecule has 0 aromatic heterocycles. The summed E-state index contributed by atoms with van der Waals surface area (Å²) in [6, 6.07) is 7.02. The van der Waals surface area contributed by atoms with Crippen molar-refractivity contribution in [1.29, 1.82) is 0 Å². The molecule has 1 aromatic rings. The monoisotopic (exact) mass is 265 g/mol. The van der Waals surface area contributed by atoms with Crippen LogP contribution in [0, 0.1) is 0 Å². The molecule has 1 atom stereocenters. The Morgan fingerprint density at radius 1 is 1.37 bits per heavy atom. The topological polar surface area (TPSA) is 58.6 Å². The van der Waals surface area contributed by atoms with Crippen LogP contribution in [0.4, 0.5) is 0 Å². The zero-order chi connectivity index (χ0) is 14.5. The third kappa shape index (κ3) is 4.91. The number of aromatic hydroxyl groups is 1. The number of phenolic OH excluding ortho intramolecular Hbond substituents is 1.